The standard InChI is InChI=1S/C16H13N5O2S2/c1-2-23-11-7-5-10(6-8-11)13-18-19-16-21(13)20-15(25-16)17-14(22)12-4-3-9-24-12/h3-9H,2H2,1H3,(H,17,20,22). The van der Waals surface area contributed by atoms with E-state index in [-0.39, 0.29) is 5.91 Å². The number of nitrogens with zero attached hydrogens (tertiary/aromatic N) is 4. The molecule has 4 rings (SSSR count). The molecule has 0 aliphatic heterocycles. The molecule has 9 heteroatoms. The van der Waals surface area contributed by atoms with Crippen molar-refractivity contribution >= 4 is 38.7 Å². The second kappa shape index (κ2) is 6.61. The first-order valence-electron chi connectivity index (χ1n) is 7.55. The van der Waals surface area contributed by atoms with E-state index in [1.54, 1.807) is 10.6 Å². The molecule has 3 aromatic heterocycles. The molecule has 126 valence electrons. The number of benzene rings is 1. The molecule has 0 saturated carbocycles. The Hall–Kier alpha value is -2.78. The summed E-state index contributed by atoms with van der Waals surface area (Å²) in [5.41, 5.74) is 0.873. The van der Waals surface area contributed by atoms with Crippen LogP contribution in [0.15, 0.2) is 41.8 Å². The summed E-state index contributed by atoms with van der Waals surface area (Å²) in [5, 5.41) is 17.9. The van der Waals surface area contributed by atoms with Gasteiger partial charge in [-0.25, -0.2) is 0 Å². The molecular formula is C16H13N5O2S2. The molecule has 0 fully saturated rings. The smallest absolute Gasteiger partial charge is 0.267 e. The first kappa shape index (κ1) is 15.7. The van der Waals surface area contributed by atoms with Crippen LogP contribution in [0.5, 0.6) is 5.75 Å². The zero-order valence-electron chi connectivity index (χ0n) is 13.2. The summed E-state index contributed by atoms with van der Waals surface area (Å²) in [4.78, 5) is 13.4. The molecule has 0 aliphatic rings. The molecule has 1 amide bonds. The summed E-state index contributed by atoms with van der Waals surface area (Å²) in [6.45, 7) is 2.56. The van der Waals surface area contributed by atoms with Crippen LogP contribution in [0, 0.1) is 0 Å². The van der Waals surface area contributed by atoms with E-state index in [0.29, 0.717) is 27.4 Å². The normalized spacial score (nSPS) is 10.9. The summed E-state index contributed by atoms with van der Waals surface area (Å²) in [6, 6.07) is 11.2. The monoisotopic (exact) mass is 371 g/mol. The van der Waals surface area contributed by atoms with Crippen molar-refractivity contribution in [1.29, 1.82) is 0 Å². The minimum absolute atomic E-state index is 0.178. The van der Waals surface area contributed by atoms with Crippen LogP contribution in [-0.4, -0.2) is 32.3 Å². The fourth-order valence-electron chi connectivity index (χ4n) is 2.28. The van der Waals surface area contributed by atoms with E-state index >= 15 is 0 Å². The number of aromatic nitrogens is 4. The second-order valence-corrected chi connectivity index (χ2v) is 6.92. The topological polar surface area (TPSA) is 81.4 Å². The lowest BCUT2D eigenvalue weighted by Gasteiger charge is -2.03. The van der Waals surface area contributed by atoms with Gasteiger partial charge in [-0.05, 0) is 42.6 Å². The van der Waals surface area contributed by atoms with Gasteiger partial charge < -0.3 is 4.74 Å². The van der Waals surface area contributed by atoms with Crippen molar-refractivity contribution in [2.24, 2.45) is 0 Å². The lowest BCUT2D eigenvalue weighted by atomic mass is 10.2. The highest BCUT2D eigenvalue weighted by Crippen LogP contribution is 2.26. The second-order valence-electron chi connectivity index (χ2n) is 5.01. The molecule has 0 atom stereocenters. The number of ether oxygens (including phenoxy) is 1. The maximum absolute atomic E-state index is 12.1. The van der Waals surface area contributed by atoms with E-state index < -0.39 is 0 Å². The van der Waals surface area contributed by atoms with Crippen molar-refractivity contribution in [3.63, 3.8) is 0 Å². The molecule has 0 unspecified atom stereocenters. The highest BCUT2D eigenvalue weighted by Gasteiger charge is 2.16. The highest BCUT2D eigenvalue weighted by atomic mass is 32.1. The van der Waals surface area contributed by atoms with Gasteiger partial charge in [0, 0.05) is 5.56 Å². The first-order valence-corrected chi connectivity index (χ1v) is 9.24. The average molecular weight is 371 g/mol. The number of nitrogens with one attached hydrogen (secondary N) is 1. The summed E-state index contributed by atoms with van der Waals surface area (Å²) in [7, 11) is 0. The SMILES string of the molecule is CCOc1ccc(-c2nnc3sc(NC(=O)c4cccs4)nn23)cc1. The summed E-state index contributed by atoms with van der Waals surface area (Å²) in [5.74, 6) is 1.24. The van der Waals surface area contributed by atoms with Crippen LogP contribution in [0.2, 0.25) is 0 Å². The first-order chi connectivity index (χ1) is 12.2. The molecular weight excluding hydrogens is 358 g/mol. The molecule has 1 N–H and O–H groups in total. The van der Waals surface area contributed by atoms with Crippen molar-refractivity contribution in [1.82, 2.24) is 19.8 Å². The molecule has 7 nitrogen and oxygen atoms in total. The van der Waals surface area contributed by atoms with Gasteiger partial charge in [0.15, 0.2) is 5.82 Å². The van der Waals surface area contributed by atoms with Gasteiger partial charge in [-0.15, -0.1) is 26.6 Å². The van der Waals surface area contributed by atoms with Crippen LogP contribution in [0.25, 0.3) is 16.3 Å². The van der Waals surface area contributed by atoms with Gasteiger partial charge in [-0.3, -0.25) is 10.1 Å². The molecule has 1 aromatic carbocycles. The molecule has 4 aromatic rings. The number of anilines is 1. The molecule has 25 heavy (non-hydrogen) atoms. The Kier molecular flexibility index (Phi) is 4.16. The Morgan fingerprint density at radius 3 is 2.80 bits per heavy atom. The molecule has 0 spiro atoms. The number of carbonyl (C=O) groups excluding carboxylic acids is 1. The number of carbonyl (C=O) groups is 1. The van der Waals surface area contributed by atoms with Gasteiger partial charge in [0.25, 0.3) is 5.91 Å². The van der Waals surface area contributed by atoms with Crippen LogP contribution >= 0.6 is 22.7 Å². The summed E-state index contributed by atoms with van der Waals surface area (Å²) < 4.78 is 7.08. The third-order valence-electron chi connectivity index (χ3n) is 3.38. The van der Waals surface area contributed by atoms with Crippen LogP contribution < -0.4 is 10.1 Å². The summed E-state index contributed by atoms with van der Waals surface area (Å²) >= 11 is 2.66. The van der Waals surface area contributed by atoms with E-state index in [1.807, 2.05) is 42.6 Å². The molecule has 0 radical (unpaired) electrons. The molecule has 0 saturated heterocycles. The van der Waals surface area contributed by atoms with Gasteiger partial charge in [-0.1, -0.05) is 17.4 Å². The third-order valence-corrected chi connectivity index (χ3v) is 5.06. The van der Waals surface area contributed by atoms with Crippen molar-refractivity contribution in [2.45, 2.75) is 6.92 Å². The van der Waals surface area contributed by atoms with Gasteiger partial charge in [0.05, 0.1) is 11.5 Å². The van der Waals surface area contributed by atoms with Crippen LogP contribution in [0.3, 0.4) is 0 Å². The van der Waals surface area contributed by atoms with Gasteiger partial charge in [0.1, 0.15) is 5.75 Å². The number of hydrogen-bond acceptors (Lipinski definition) is 7. The Balaban J connectivity index is 1.61. The predicted octanol–water partition coefficient (Wildman–Crippen LogP) is 3.57. The lowest BCUT2D eigenvalue weighted by molar-refractivity contribution is 0.103. The van der Waals surface area contributed by atoms with Crippen molar-refractivity contribution in [3.05, 3.63) is 46.7 Å². The van der Waals surface area contributed by atoms with Crippen molar-refractivity contribution in [3.8, 4) is 17.1 Å². The van der Waals surface area contributed by atoms with Crippen LogP contribution in [0.4, 0.5) is 5.13 Å². The molecule has 3 heterocycles. The zero-order chi connectivity index (χ0) is 17.2. The van der Waals surface area contributed by atoms with Crippen LogP contribution in [-0.2, 0) is 0 Å². The number of rotatable bonds is 5. The van der Waals surface area contributed by atoms with Gasteiger partial charge in [0.2, 0.25) is 10.1 Å². The zero-order valence-corrected chi connectivity index (χ0v) is 14.8. The quantitative estimate of drug-likeness (QED) is 0.580. The fraction of sp³-hybridized carbons (Fsp3) is 0.125. The van der Waals surface area contributed by atoms with Crippen molar-refractivity contribution in [2.75, 3.05) is 11.9 Å². The largest absolute Gasteiger partial charge is 0.494 e. The number of thiophene rings is 1. The van der Waals surface area contributed by atoms with E-state index in [0.717, 1.165) is 11.3 Å². The van der Waals surface area contributed by atoms with E-state index in [2.05, 4.69) is 20.6 Å². The summed E-state index contributed by atoms with van der Waals surface area (Å²) in [6.07, 6.45) is 0. The third kappa shape index (κ3) is 3.11. The minimum atomic E-state index is -0.178. The number of hydrogen-bond donors (Lipinski definition) is 1. The molecule has 0 aliphatic carbocycles. The fourth-order valence-corrected chi connectivity index (χ4v) is 3.63. The van der Waals surface area contributed by atoms with Crippen LogP contribution in [0.1, 0.15) is 16.6 Å². The average Bonchev–Trinajstić information content (AvgIpc) is 3.32. The van der Waals surface area contributed by atoms with E-state index in [9.17, 15) is 4.79 Å². The maximum atomic E-state index is 12.1. The van der Waals surface area contributed by atoms with Crippen molar-refractivity contribution < 1.29 is 9.53 Å². The number of amides is 1. The molecule has 0 bridgehead atoms. The Morgan fingerprint density at radius 1 is 1.24 bits per heavy atom. The van der Waals surface area contributed by atoms with Gasteiger partial charge >= 0.3 is 0 Å². The Labute approximate surface area is 150 Å². The van der Waals surface area contributed by atoms with E-state index in [1.165, 1.54) is 22.7 Å². The predicted molar refractivity (Wildman–Crippen MR) is 97.5 cm³/mol. The number of fused-ring (bicyclic) bond motifs is 1. The highest BCUT2D eigenvalue weighted by molar-refractivity contribution is 7.20. The Morgan fingerprint density at radius 2 is 2.08 bits per heavy atom. The lowest BCUT2D eigenvalue weighted by Crippen LogP contribution is -2.10. The van der Waals surface area contributed by atoms with Gasteiger partial charge in [-0.2, -0.15) is 4.52 Å². The van der Waals surface area contributed by atoms with E-state index in [4.69, 9.17) is 4.74 Å². The Bertz CT molecular complexity index is 1010. The minimum Gasteiger partial charge on any atom is -0.494 e. The maximum Gasteiger partial charge on any atom is 0.267 e.